The fourth-order valence-corrected chi connectivity index (χ4v) is 15.3. The maximum absolute atomic E-state index is 13.7. The molecular formula is C100H86BBrF2KN7O24S2. The molecular weight excluding hydrogens is 1920 g/mol. The number of carbonyl (C=O) groups excluding carboxylic acids is 8. The smallest absolute Gasteiger partial charge is 0.870 e. The van der Waals surface area contributed by atoms with Gasteiger partial charge >= 0.3 is 88.3 Å². The van der Waals surface area contributed by atoms with E-state index in [1.54, 1.807) is 189 Å². The van der Waals surface area contributed by atoms with Crippen molar-refractivity contribution in [2.45, 2.75) is 26.5 Å². The van der Waals surface area contributed by atoms with E-state index in [2.05, 4.69) is 41.9 Å². The molecule has 0 fully saturated rings. The van der Waals surface area contributed by atoms with E-state index >= 15 is 0 Å². The standard InChI is InChI=1S/C28H19FN2O4S.C27H17FN2O4S.C14H11NO4.C14H13NO2.C8H7BrO2.C6H6BNO4.C2H6O.CH4O.K.2H2O/c1-35-28(34)21-8-3-2-7-20(21)16-5-4-6-19(13-16)30-26(32)17-9-11-25-23(14-17)31-27(33)22-15-18(29)10-12-24(22)36-25;28-17-9-11-23-21(14-17)26(32)30-22-13-16(8-10-24(22)35-23)25(31)29-18-5-3-4-15(12-18)19-6-1-2-7-20(19)27(33)34;1-19-14(16)13-8-3-2-7-12(13)10-5-4-6-11(9-10)15(17)18;1-17-14(16)13-8-3-2-7-12(13)10-5-4-6-11(15)9-10;1-11-8(10)6-4-2-3-5-7(6)9;9-7(10)5-2-1-3-6(4-5)8(11)12;1-2-3;1-2;;;/h2-15H,1H3,(H,30,32)(H,31,33);1-14H,(H,29,31)(H,30,32)(H,33,34);2-9H,1H3;2-9H,15H2,1H3;2-5H,1H3;1-4,9-10H;3H,2H2,1H3;2H,1H3;;2*1H2/q;;;;;;;;+1;;/p-1. The molecule has 38 heteroatoms. The number of rotatable bonds is 16. The molecule has 0 unspecified atom stereocenters. The molecule has 4 amide bonds. The molecule has 2 heterocycles. The van der Waals surface area contributed by atoms with Crippen molar-refractivity contribution in [2.24, 2.45) is 0 Å². The number of fused-ring (bicyclic) bond motifs is 4. The van der Waals surface area contributed by atoms with Crippen LogP contribution in [0.25, 0.3) is 44.5 Å². The molecule has 0 aromatic heterocycles. The molecule has 14 aromatic rings. The van der Waals surface area contributed by atoms with Crippen LogP contribution in [0.4, 0.5) is 48.6 Å². The van der Waals surface area contributed by atoms with Gasteiger partial charge in [0.15, 0.2) is 0 Å². The number of non-ortho nitro benzene ring substituents is 2. The Morgan fingerprint density at radius 3 is 1.13 bits per heavy atom. The van der Waals surface area contributed by atoms with Crippen LogP contribution >= 0.6 is 39.5 Å². The zero-order valence-electron chi connectivity index (χ0n) is 74.4. The predicted octanol–water partition coefficient (Wildman–Crippen LogP) is 15.3. The molecule has 31 nitrogen and oxygen atoms in total. The van der Waals surface area contributed by atoms with Crippen LogP contribution in [0, 0.1) is 31.9 Å². The summed E-state index contributed by atoms with van der Waals surface area (Å²) in [6, 6.07) is 85.8. The van der Waals surface area contributed by atoms with E-state index in [4.69, 9.17) is 40.2 Å². The number of nitrogen functional groups attached to an aromatic ring is 1. The second-order valence-corrected chi connectivity index (χ2v) is 30.8. The Morgan fingerprint density at radius 1 is 0.428 bits per heavy atom. The number of methoxy groups -OCH3 is 4. The van der Waals surface area contributed by atoms with Gasteiger partial charge in [-0.3, -0.25) is 39.4 Å². The minimum atomic E-state index is -1.66. The zero-order chi connectivity index (χ0) is 98.0. The van der Waals surface area contributed by atoms with Gasteiger partial charge in [-0.25, -0.2) is 32.8 Å². The molecule has 0 radical (unpaired) electrons. The number of aliphatic hydroxyl groups excluding tert-OH is 2. The van der Waals surface area contributed by atoms with Gasteiger partial charge in [0.1, 0.15) is 11.6 Å². The average Bonchev–Trinajstić information content (AvgIpc) is 1.55. The molecule has 14 aromatic carbocycles. The number of amides is 4. The number of hydrogen-bond acceptors (Lipinski definition) is 25. The Kier molecular flexibility index (Phi) is 45.1. The maximum Gasteiger partial charge on any atom is 1.00 e. The van der Waals surface area contributed by atoms with E-state index in [1.165, 1.54) is 113 Å². The molecule has 16 rings (SSSR count). The summed E-state index contributed by atoms with van der Waals surface area (Å²) in [6.45, 7) is 1.93. The van der Waals surface area contributed by atoms with Gasteiger partial charge in [-0.2, -0.15) is 0 Å². The molecule has 0 spiro atoms. The third kappa shape index (κ3) is 31.0. The Bertz CT molecular complexity index is 6750. The first-order valence-electron chi connectivity index (χ1n) is 40.1. The van der Waals surface area contributed by atoms with Crippen molar-refractivity contribution in [1.82, 2.24) is 0 Å². The predicted molar refractivity (Wildman–Crippen MR) is 520 cm³/mol. The summed E-state index contributed by atoms with van der Waals surface area (Å²) in [7, 11) is 4.70. The number of aliphatic hydroxyl groups is 2. The van der Waals surface area contributed by atoms with Gasteiger partial charge in [-0.05, 0) is 218 Å². The second kappa shape index (κ2) is 55.4. The van der Waals surface area contributed by atoms with E-state index in [0.29, 0.717) is 99.4 Å². The largest absolute Gasteiger partial charge is 1.00 e. The summed E-state index contributed by atoms with van der Waals surface area (Å²) in [5.74, 6) is -5.28. The second-order valence-electron chi connectivity index (χ2n) is 27.8. The summed E-state index contributed by atoms with van der Waals surface area (Å²) in [6.07, 6.45) is 0. The van der Waals surface area contributed by atoms with Crippen LogP contribution in [0.3, 0.4) is 0 Å². The number of halogens is 3. The molecule has 138 heavy (non-hydrogen) atoms. The van der Waals surface area contributed by atoms with Crippen molar-refractivity contribution in [2.75, 3.05) is 69.2 Å². The molecule has 14 N–H and O–H groups in total. The van der Waals surface area contributed by atoms with Crippen LogP contribution < -0.4 is 83.8 Å². The van der Waals surface area contributed by atoms with Crippen LogP contribution in [0.5, 0.6) is 0 Å². The van der Waals surface area contributed by atoms with Gasteiger partial charge in [0.25, 0.3) is 35.0 Å². The molecule has 0 aliphatic carbocycles. The molecule has 0 saturated carbocycles. The number of carbonyl (C=O) groups is 9. The van der Waals surface area contributed by atoms with Gasteiger partial charge in [0, 0.05) is 90.2 Å². The number of nitrogens with two attached hydrogens (primary N) is 1. The van der Waals surface area contributed by atoms with E-state index in [0.717, 1.165) is 44.1 Å². The average molecular weight is 2000 g/mol. The number of nitro benzene ring substituents is 2. The molecule has 2 aliphatic rings. The first-order chi connectivity index (χ1) is 64.9. The summed E-state index contributed by atoms with van der Waals surface area (Å²) >= 11 is 5.88. The summed E-state index contributed by atoms with van der Waals surface area (Å²) in [4.78, 5) is 132. The third-order valence-electron chi connectivity index (χ3n) is 19.0. The summed E-state index contributed by atoms with van der Waals surface area (Å²) in [5, 5.41) is 73.6. The number of ether oxygens (including phenoxy) is 4. The molecule has 0 bridgehead atoms. The monoisotopic (exact) mass is 2000 g/mol. The fraction of sp³-hybridized carbons (Fsp3) is 0.0700. The summed E-state index contributed by atoms with van der Waals surface area (Å²) < 4.78 is 46.9. The van der Waals surface area contributed by atoms with Gasteiger partial charge in [-0.1, -0.05) is 169 Å². The zero-order valence-corrected chi connectivity index (χ0v) is 80.7. The maximum atomic E-state index is 13.7. The number of nitrogens with one attached hydrogen (secondary N) is 4. The molecule has 702 valence electrons. The van der Waals surface area contributed by atoms with Crippen molar-refractivity contribution in [1.29, 1.82) is 0 Å². The van der Waals surface area contributed by atoms with Crippen molar-refractivity contribution < 1.29 is 168 Å². The Hall–Kier alpha value is -14.6. The van der Waals surface area contributed by atoms with Gasteiger partial charge in [-0.15, -0.1) is 0 Å². The topological polar surface area (TPSA) is 514 Å². The number of hydrogen-bond donors (Lipinski definition) is 10. The van der Waals surface area contributed by atoms with Crippen LogP contribution in [-0.2, 0) is 18.9 Å². The number of anilines is 5. The number of nitrogens with zero attached hydrogens (tertiary/aromatic N) is 2. The number of esters is 4. The normalized spacial score (nSPS) is 10.5. The number of nitro groups is 2. The Morgan fingerprint density at radius 2 is 0.754 bits per heavy atom. The minimum absolute atomic E-state index is 0. The summed E-state index contributed by atoms with van der Waals surface area (Å²) in [5.41, 5.74) is 17.0. The quantitative estimate of drug-likeness (QED) is 0.0107. The van der Waals surface area contributed by atoms with E-state index in [1.807, 2.05) is 66.7 Å². The third-order valence-corrected chi connectivity index (χ3v) is 22.0. The molecule has 0 saturated heterocycles. The Labute approximate surface area is 848 Å². The van der Waals surface area contributed by atoms with E-state index in [9.17, 15) is 77.3 Å². The number of carboxylic acid groups (broad SMARTS) is 1. The molecule has 0 atom stereocenters. The number of aromatic carboxylic acids is 1. The first kappa shape index (κ1) is 112. The van der Waals surface area contributed by atoms with Gasteiger partial charge in [0.2, 0.25) is 0 Å². The minimum Gasteiger partial charge on any atom is -0.870 e. The molecule has 2 aliphatic heterocycles. The van der Waals surface area contributed by atoms with Crippen molar-refractivity contribution >= 4 is 145 Å². The van der Waals surface area contributed by atoms with Gasteiger partial charge in [0.05, 0.1) is 88.6 Å². The van der Waals surface area contributed by atoms with Crippen LogP contribution in [0.2, 0.25) is 0 Å². The van der Waals surface area contributed by atoms with Crippen molar-refractivity contribution in [3.8, 4) is 44.5 Å². The van der Waals surface area contributed by atoms with Crippen LogP contribution in [-0.4, -0.2) is 149 Å². The SMILES string of the molecule is CCO.CO.COC(=O)c1ccccc1-c1cccc(N)c1.COC(=O)c1ccccc1-c1cccc(NC(=O)c2ccc3c(c2)NC(=O)c2cc(F)ccc2S3)c1.COC(=O)c1ccccc1-c1cccc([N+](=O)[O-])c1.COC(=O)c1ccccc1Br.O.O=C(Nc1cccc(-c2ccccc2C(=O)O)c1)c1ccc2c(c1)NC(=O)c1cc(F)ccc1S2.O=[N+]([O-])c1cccc(B(O)O)c1.[K+].[OH-]. The number of benzene rings is 14. The van der Waals surface area contributed by atoms with Crippen LogP contribution in [0.15, 0.2) is 340 Å². The first-order valence-corrected chi connectivity index (χ1v) is 42.5. The van der Waals surface area contributed by atoms with Crippen LogP contribution in [0.1, 0.15) is 100 Å². The fourth-order valence-electron chi connectivity index (χ4n) is 12.8. The van der Waals surface area contributed by atoms with Gasteiger partial charge < -0.3 is 82.3 Å². The van der Waals surface area contributed by atoms with Crippen molar-refractivity contribution in [3.63, 3.8) is 0 Å². The Balaban J connectivity index is 0.000000264. The van der Waals surface area contributed by atoms with E-state index in [-0.39, 0.29) is 120 Å². The van der Waals surface area contributed by atoms with Crippen molar-refractivity contribution in [3.05, 3.63) is 402 Å². The van der Waals surface area contributed by atoms with E-state index < -0.39 is 64.2 Å². The number of carboxylic acids is 1.